The predicted molar refractivity (Wildman–Crippen MR) is 230 cm³/mol. The van der Waals surface area contributed by atoms with Crippen molar-refractivity contribution in [3.05, 3.63) is 69.0 Å². The zero-order chi connectivity index (χ0) is 43.9. The van der Waals surface area contributed by atoms with Gasteiger partial charge in [-0.15, -0.1) is 0 Å². The van der Waals surface area contributed by atoms with Crippen LogP contribution in [-0.4, -0.2) is 98.0 Å². The number of alkyl halides is 3. The average Bonchev–Trinajstić information content (AvgIpc) is 4.06. The summed E-state index contributed by atoms with van der Waals surface area (Å²) in [7, 11) is 3.29. The van der Waals surface area contributed by atoms with Crippen LogP contribution >= 0.6 is 11.6 Å². The third-order valence-electron chi connectivity index (χ3n) is 13.7. The van der Waals surface area contributed by atoms with E-state index in [9.17, 15) is 14.4 Å². The van der Waals surface area contributed by atoms with Crippen molar-refractivity contribution in [2.75, 3.05) is 54.9 Å². The van der Waals surface area contributed by atoms with E-state index < -0.39 is 41.5 Å². The summed E-state index contributed by atoms with van der Waals surface area (Å²) in [6.45, 7) is 1.56. The number of nitrogens with zero attached hydrogens (tertiary/aromatic N) is 7. The molecule has 2 aromatic carbocycles. The summed E-state index contributed by atoms with van der Waals surface area (Å²) in [5.74, 6) is -4.84. The summed E-state index contributed by atoms with van der Waals surface area (Å²) < 4.78 is 71.0. The van der Waals surface area contributed by atoms with Gasteiger partial charge in [0.2, 0.25) is 23.5 Å². The van der Waals surface area contributed by atoms with E-state index in [1.54, 1.807) is 4.68 Å². The number of aryl methyl sites for hydroxylation is 2. The predicted octanol–water partition coefficient (Wildman–Crippen LogP) is 6.68. The molecule has 2 amide bonds. The zero-order valence-electron chi connectivity index (χ0n) is 34.8. The molecule has 1 aliphatic carbocycles. The Morgan fingerprint density at radius 2 is 1.71 bits per heavy atom. The lowest BCUT2D eigenvalue weighted by Gasteiger charge is -2.41. The lowest BCUT2D eigenvalue weighted by Crippen LogP contribution is -2.50. The van der Waals surface area contributed by atoms with Crippen molar-refractivity contribution in [3.63, 3.8) is 0 Å². The maximum Gasteiger partial charge on any atom is 0.301 e. The van der Waals surface area contributed by atoms with Crippen LogP contribution in [0.3, 0.4) is 0 Å². The first kappa shape index (κ1) is 41.5. The van der Waals surface area contributed by atoms with Crippen LogP contribution < -0.4 is 31.1 Å². The highest BCUT2D eigenvalue weighted by Gasteiger charge is 2.51. The molecule has 2 atom stereocenters. The van der Waals surface area contributed by atoms with Gasteiger partial charge in [-0.1, -0.05) is 23.7 Å². The minimum Gasteiger partial charge on any atom is -0.480 e. The Balaban J connectivity index is 0.787. The largest absolute Gasteiger partial charge is 0.480 e. The second-order valence-electron chi connectivity index (χ2n) is 17.9. The molecule has 1 saturated carbocycles. The molecule has 4 aliphatic heterocycles. The number of hydrogen-bond acceptors (Lipinski definition) is 11. The number of fused-ring (bicyclic) bond motifs is 4. The van der Waals surface area contributed by atoms with Crippen LogP contribution in [0.1, 0.15) is 74.5 Å². The van der Waals surface area contributed by atoms with Gasteiger partial charge in [0.15, 0.2) is 12.4 Å². The number of aromatic nitrogens is 5. The van der Waals surface area contributed by atoms with E-state index in [0.717, 1.165) is 42.9 Å². The van der Waals surface area contributed by atoms with Gasteiger partial charge < -0.3 is 29.7 Å². The molecular formula is C44H47ClF4N10O4. The summed E-state index contributed by atoms with van der Waals surface area (Å²) >= 11 is 6.52. The molecule has 3 saturated heterocycles. The number of carbonyl (C=O) groups excluding carboxylic acids is 2. The van der Waals surface area contributed by atoms with Gasteiger partial charge in [0.1, 0.15) is 16.5 Å². The maximum absolute atomic E-state index is 16.5. The normalized spacial score (nSPS) is 22.9. The fraction of sp³-hybridized carbons (Fsp3) is 0.500. The molecule has 332 valence electrons. The van der Waals surface area contributed by atoms with E-state index in [4.69, 9.17) is 16.3 Å². The maximum atomic E-state index is 16.5. The summed E-state index contributed by atoms with van der Waals surface area (Å²) in [5, 5.41) is 14.3. The van der Waals surface area contributed by atoms with Crippen LogP contribution in [0.4, 0.5) is 40.7 Å². The number of hydrogen-bond donors (Lipinski definition) is 3. The minimum atomic E-state index is -3.23. The van der Waals surface area contributed by atoms with Gasteiger partial charge in [-0.05, 0) is 74.7 Å². The van der Waals surface area contributed by atoms with Gasteiger partial charge >= 0.3 is 5.92 Å². The third-order valence-corrected chi connectivity index (χ3v) is 13.9. The van der Waals surface area contributed by atoms with Crippen LogP contribution in [0.5, 0.6) is 5.75 Å². The first-order valence-corrected chi connectivity index (χ1v) is 21.9. The Hall–Kier alpha value is -5.49. The Morgan fingerprint density at radius 1 is 0.952 bits per heavy atom. The second kappa shape index (κ2) is 15.6. The quantitative estimate of drug-likeness (QED) is 0.113. The molecule has 0 bridgehead atoms. The van der Waals surface area contributed by atoms with E-state index in [1.807, 2.05) is 18.0 Å². The molecule has 5 aromatic rings. The summed E-state index contributed by atoms with van der Waals surface area (Å²) in [5.41, 5.74) is 0.945. The number of carbonyl (C=O) groups is 2. The van der Waals surface area contributed by atoms with Crippen molar-refractivity contribution in [1.29, 1.82) is 0 Å². The number of benzene rings is 2. The number of anilines is 4. The second-order valence-corrected chi connectivity index (χ2v) is 18.3. The highest BCUT2D eigenvalue weighted by molar-refractivity contribution is 6.33. The van der Waals surface area contributed by atoms with Crippen molar-refractivity contribution in [1.82, 2.24) is 34.5 Å². The molecule has 0 radical (unpaired) electrons. The molecule has 0 spiro atoms. The van der Waals surface area contributed by atoms with Gasteiger partial charge in [-0.25, -0.2) is 22.5 Å². The lowest BCUT2D eigenvalue weighted by atomic mass is 9.86. The van der Waals surface area contributed by atoms with E-state index in [2.05, 4.69) is 48.0 Å². The molecule has 5 aliphatic rings. The topological polar surface area (TPSA) is 152 Å². The Bertz CT molecular complexity index is 2730. The molecule has 7 heterocycles. The summed E-state index contributed by atoms with van der Waals surface area (Å²) in [6.07, 6.45) is 5.63. The van der Waals surface area contributed by atoms with Gasteiger partial charge in [0.05, 0.1) is 46.3 Å². The van der Waals surface area contributed by atoms with Gasteiger partial charge in [-0.3, -0.25) is 24.4 Å². The van der Waals surface area contributed by atoms with E-state index in [-0.39, 0.29) is 70.5 Å². The van der Waals surface area contributed by atoms with Crippen molar-refractivity contribution in [2.24, 2.45) is 20.0 Å². The molecule has 3 aromatic heterocycles. The molecule has 2 unspecified atom stereocenters. The van der Waals surface area contributed by atoms with Crippen LogP contribution in [0.15, 0.2) is 41.3 Å². The summed E-state index contributed by atoms with van der Waals surface area (Å²) in [4.78, 5) is 50.6. The number of likely N-dealkylation sites (tertiary alicyclic amines) is 1. The van der Waals surface area contributed by atoms with E-state index >= 15 is 17.6 Å². The summed E-state index contributed by atoms with van der Waals surface area (Å²) in [6, 6.07) is 7.60. The highest BCUT2D eigenvalue weighted by atomic mass is 35.5. The molecular weight excluding hydrogens is 844 g/mol. The SMILES string of the molecule is Cn1nc(C2CCC(=O)NC2=O)c2ccc(C3CCN(CC4(F)CCN(c5ncc(Cl)c(Nc6cc7c8c(c(=O)n(C)c7cc6F)OCC(F)(F)C(C6CC6)N8)n5)CC4)CC3)cc21. The monoisotopic (exact) mass is 890 g/mol. The standard InChI is InChI=1S/C44H47ClF4N10O4/c1-56-32-19-30(46)31(18-28(32)36-37(41(56)62)63-22-44(48,49)38(53-36)24-3-4-24)51-39-29(45)20-50-42(54-39)59-15-11-43(47,12-16-59)21-58-13-9-23(10-14-58)25-5-6-26-33(17-25)57(2)55-35(26)27-7-8-34(60)52-40(27)61/h5-6,17-20,23-24,27,38,53H,3-4,7-16,21-22H2,1-2H3,(H,50,51,54)(H,52,60,61). The fourth-order valence-electron chi connectivity index (χ4n) is 9.90. The molecule has 4 fully saturated rings. The Morgan fingerprint density at radius 3 is 2.44 bits per heavy atom. The number of imide groups is 1. The van der Waals surface area contributed by atoms with Gasteiger partial charge in [-0.2, -0.15) is 10.1 Å². The number of halogens is 5. The van der Waals surface area contributed by atoms with Crippen LogP contribution in [0, 0.1) is 11.7 Å². The van der Waals surface area contributed by atoms with Crippen LogP contribution in [-0.2, 0) is 23.7 Å². The number of nitrogens with one attached hydrogen (secondary N) is 3. The number of piperidine rings is 3. The Labute approximate surface area is 364 Å². The first-order chi connectivity index (χ1) is 30.1. The van der Waals surface area contributed by atoms with E-state index in [1.165, 1.54) is 29.4 Å². The molecule has 14 nitrogen and oxygen atoms in total. The number of ether oxygens (including phenoxy) is 1. The number of rotatable bonds is 8. The average molecular weight is 891 g/mol. The van der Waals surface area contributed by atoms with Gasteiger partial charge in [0.25, 0.3) is 5.56 Å². The van der Waals surface area contributed by atoms with Crippen molar-refractivity contribution >= 4 is 68.4 Å². The zero-order valence-corrected chi connectivity index (χ0v) is 35.6. The van der Waals surface area contributed by atoms with Gasteiger partial charge in [0, 0.05) is 69.8 Å². The smallest absolute Gasteiger partial charge is 0.301 e. The van der Waals surface area contributed by atoms with Crippen LogP contribution in [0.2, 0.25) is 5.02 Å². The Kier molecular flexibility index (Phi) is 10.3. The number of amides is 2. The van der Waals surface area contributed by atoms with E-state index in [0.29, 0.717) is 61.8 Å². The molecule has 3 N–H and O–H groups in total. The molecule has 63 heavy (non-hydrogen) atoms. The third kappa shape index (κ3) is 7.72. The fourth-order valence-corrected chi connectivity index (χ4v) is 10.0. The van der Waals surface area contributed by atoms with Crippen LogP contribution in [0.25, 0.3) is 21.8 Å². The highest BCUT2D eigenvalue weighted by Crippen LogP contribution is 2.46. The minimum absolute atomic E-state index is 0.0580. The van der Waals surface area contributed by atoms with Crippen molar-refractivity contribution in [3.8, 4) is 5.75 Å². The molecule has 19 heteroatoms. The molecule has 10 rings (SSSR count). The first-order valence-electron chi connectivity index (χ1n) is 21.5. The number of pyridine rings is 1. The van der Waals surface area contributed by atoms with Crippen molar-refractivity contribution in [2.45, 2.75) is 80.8 Å². The van der Waals surface area contributed by atoms with Crippen molar-refractivity contribution < 1.29 is 31.9 Å². The lowest BCUT2D eigenvalue weighted by molar-refractivity contribution is -0.134.